The Morgan fingerprint density at radius 1 is 1.00 bits per heavy atom. The van der Waals surface area contributed by atoms with Crippen molar-refractivity contribution < 1.29 is 14.3 Å². The third-order valence-corrected chi connectivity index (χ3v) is 5.38. The van der Waals surface area contributed by atoms with Gasteiger partial charge in [0, 0.05) is 18.7 Å². The molecular formula is C25H24N2O3. The summed E-state index contributed by atoms with van der Waals surface area (Å²) >= 11 is 0. The van der Waals surface area contributed by atoms with E-state index in [0.29, 0.717) is 18.0 Å². The van der Waals surface area contributed by atoms with E-state index in [9.17, 15) is 9.59 Å². The predicted octanol–water partition coefficient (Wildman–Crippen LogP) is 4.28. The summed E-state index contributed by atoms with van der Waals surface area (Å²) in [7, 11) is 1.58. The lowest BCUT2D eigenvalue weighted by Gasteiger charge is -2.19. The minimum atomic E-state index is -0.410. The lowest BCUT2D eigenvalue weighted by molar-refractivity contribution is -0.122. The van der Waals surface area contributed by atoms with Crippen LogP contribution in [-0.4, -0.2) is 25.5 Å². The van der Waals surface area contributed by atoms with E-state index in [2.05, 4.69) is 17.4 Å². The topological polar surface area (TPSA) is 58.6 Å². The third kappa shape index (κ3) is 4.20. The molecule has 0 bridgehead atoms. The summed E-state index contributed by atoms with van der Waals surface area (Å²) in [4.78, 5) is 27.2. The lowest BCUT2D eigenvalue weighted by atomic mass is 10.0. The molecule has 30 heavy (non-hydrogen) atoms. The maximum atomic E-state index is 13.0. The average molecular weight is 400 g/mol. The van der Waals surface area contributed by atoms with Crippen molar-refractivity contribution in [2.45, 2.75) is 12.8 Å². The highest BCUT2D eigenvalue weighted by Gasteiger charge is 2.36. The summed E-state index contributed by atoms with van der Waals surface area (Å²) < 4.78 is 5.38. The van der Waals surface area contributed by atoms with Gasteiger partial charge in [0.05, 0.1) is 18.7 Å². The molecule has 1 fully saturated rings. The molecule has 2 amide bonds. The van der Waals surface area contributed by atoms with Gasteiger partial charge >= 0.3 is 0 Å². The van der Waals surface area contributed by atoms with Crippen molar-refractivity contribution in [3.05, 3.63) is 90.0 Å². The van der Waals surface area contributed by atoms with Crippen LogP contribution in [0, 0.1) is 5.92 Å². The Balaban J connectivity index is 1.48. The zero-order valence-electron chi connectivity index (χ0n) is 16.9. The molecule has 0 saturated carbocycles. The predicted molar refractivity (Wildman–Crippen MR) is 118 cm³/mol. The summed E-state index contributed by atoms with van der Waals surface area (Å²) in [5.41, 5.74) is 3.71. The monoisotopic (exact) mass is 400 g/mol. The Bertz CT molecular complexity index is 1050. The molecule has 152 valence electrons. The number of hydrogen-bond donors (Lipinski definition) is 1. The Morgan fingerprint density at radius 3 is 2.50 bits per heavy atom. The minimum absolute atomic E-state index is 0.0720. The first kappa shape index (κ1) is 19.7. The molecule has 1 N–H and O–H groups in total. The molecule has 0 aliphatic carbocycles. The fourth-order valence-electron chi connectivity index (χ4n) is 3.82. The molecule has 5 heteroatoms. The van der Waals surface area contributed by atoms with Crippen molar-refractivity contribution >= 4 is 23.2 Å². The van der Waals surface area contributed by atoms with Crippen LogP contribution >= 0.6 is 0 Å². The molecule has 4 rings (SSSR count). The maximum absolute atomic E-state index is 13.0. The van der Waals surface area contributed by atoms with Crippen molar-refractivity contribution in [2.24, 2.45) is 5.92 Å². The van der Waals surface area contributed by atoms with Crippen LogP contribution in [0.15, 0.2) is 78.9 Å². The summed E-state index contributed by atoms with van der Waals surface area (Å²) in [6.45, 7) is 0.339. The van der Waals surface area contributed by atoms with Crippen molar-refractivity contribution in [1.29, 1.82) is 0 Å². The second-order valence-corrected chi connectivity index (χ2v) is 7.39. The SMILES string of the molecule is COc1ccccc1N1C[C@H](C(=O)Nc2ccccc2Cc2ccccc2)CC1=O. The first-order valence-corrected chi connectivity index (χ1v) is 10.0. The van der Waals surface area contributed by atoms with Crippen LogP contribution in [0.3, 0.4) is 0 Å². The fraction of sp³-hybridized carbons (Fsp3) is 0.200. The molecule has 5 nitrogen and oxygen atoms in total. The fourth-order valence-corrected chi connectivity index (χ4v) is 3.82. The standard InChI is InChI=1S/C25H24N2O3/c1-30-23-14-8-7-13-22(23)27-17-20(16-24(27)28)25(29)26-21-12-6-5-11-19(21)15-18-9-3-2-4-10-18/h2-14,20H,15-17H2,1H3,(H,26,29)/t20-/m1/s1. The maximum Gasteiger partial charge on any atom is 0.229 e. The van der Waals surface area contributed by atoms with Crippen LogP contribution in [0.25, 0.3) is 0 Å². The highest BCUT2D eigenvalue weighted by atomic mass is 16.5. The lowest BCUT2D eigenvalue weighted by Crippen LogP contribution is -2.28. The number of carbonyl (C=O) groups is 2. The van der Waals surface area contributed by atoms with E-state index >= 15 is 0 Å². The van der Waals surface area contributed by atoms with Crippen molar-refractivity contribution in [1.82, 2.24) is 0 Å². The molecule has 0 unspecified atom stereocenters. The van der Waals surface area contributed by atoms with Gasteiger partial charge in [-0.3, -0.25) is 9.59 Å². The van der Waals surface area contributed by atoms with Gasteiger partial charge in [-0.2, -0.15) is 0 Å². The summed E-state index contributed by atoms with van der Waals surface area (Å²) in [5.74, 6) is 0.00536. The number of anilines is 2. The minimum Gasteiger partial charge on any atom is -0.495 e. The van der Waals surface area contributed by atoms with Gasteiger partial charge in [-0.1, -0.05) is 60.7 Å². The van der Waals surface area contributed by atoms with E-state index in [0.717, 1.165) is 17.7 Å². The van der Waals surface area contributed by atoms with E-state index in [4.69, 9.17) is 4.74 Å². The van der Waals surface area contributed by atoms with E-state index < -0.39 is 5.92 Å². The van der Waals surface area contributed by atoms with Crippen molar-refractivity contribution in [3.8, 4) is 5.75 Å². The summed E-state index contributed by atoms with van der Waals surface area (Å²) in [6.07, 6.45) is 0.916. The van der Waals surface area contributed by atoms with Crippen LogP contribution in [0.4, 0.5) is 11.4 Å². The smallest absolute Gasteiger partial charge is 0.229 e. The number of benzene rings is 3. The third-order valence-electron chi connectivity index (χ3n) is 5.38. The van der Waals surface area contributed by atoms with Gasteiger partial charge in [-0.25, -0.2) is 0 Å². The van der Waals surface area contributed by atoms with Gasteiger partial charge in [0.15, 0.2) is 0 Å². The number of para-hydroxylation sites is 3. The Kier molecular flexibility index (Phi) is 5.80. The molecule has 0 spiro atoms. The first-order chi connectivity index (χ1) is 14.7. The molecular weight excluding hydrogens is 376 g/mol. The normalized spacial score (nSPS) is 15.8. The van der Waals surface area contributed by atoms with Crippen LogP contribution in [0.5, 0.6) is 5.75 Å². The second kappa shape index (κ2) is 8.82. The number of methoxy groups -OCH3 is 1. The molecule has 3 aromatic rings. The number of rotatable bonds is 6. The largest absolute Gasteiger partial charge is 0.495 e. The van der Waals surface area contributed by atoms with Crippen LogP contribution in [-0.2, 0) is 16.0 Å². The van der Waals surface area contributed by atoms with Crippen LogP contribution in [0.2, 0.25) is 0 Å². The van der Waals surface area contributed by atoms with Gasteiger partial charge in [-0.15, -0.1) is 0 Å². The zero-order valence-corrected chi connectivity index (χ0v) is 16.9. The Morgan fingerprint density at radius 2 is 1.70 bits per heavy atom. The zero-order chi connectivity index (χ0) is 20.9. The number of nitrogens with zero attached hydrogens (tertiary/aromatic N) is 1. The van der Waals surface area contributed by atoms with Crippen LogP contribution < -0.4 is 15.0 Å². The molecule has 1 saturated heterocycles. The number of ether oxygens (including phenoxy) is 1. The molecule has 1 atom stereocenters. The number of carbonyl (C=O) groups excluding carboxylic acids is 2. The van der Waals surface area contributed by atoms with E-state index in [1.165, 1.54) is 5.56 Å². The van der Waals surface area contributed by atoms with E-state index in [1.54, 1.807) is 12.0 Å². The highest BCUT2D eigenvalue weighted by molar-refractivity contribution is 6.04. The quantitative estimate of drug-likeness (QED) is 0.672. The molecule has 3 aromatic carbocycles. The Hall–Kier alpha value is -3.60. The number of hydrogen-bond acceptors (Lipinski definition) is 3. The molecule has 1 aliphatic rings. The Labute approximate surface area is 176 Å². The van der Waals surface area contributed by atoms with Gasteiger partial charge < -0.3 is 15.0 Å². The molecule has 0 radical (unpaired) electrons. The van der Waals surface area contributed by atoms with Crippen molar-refractivity contribution in [2.75, 3.05) is 23.9 Å². The molecule has 0 aromatic heterocycles. The molecule has 1 aliphatic heterocycles. The molecule has 1 heterocycles. The number of nitrogens with one attached hydrogen (secondary N) is 1. The van der Waals surface area contributed by atoms with Gasteiger partial charge in [0.2, 0.25) is 11.8 Å². The van der Waals surface area contributed by atoms with Crippen LogP contribution in [0.1, 0.15) is 17.5 Å². The van der Waals surface area contributed by atoms with Gasteiger partial charge in [0.1, 0.15) is 5.75 Å². The first-order valence-electron chi connectivity index (χ1n) is 10.0. The van der Waals surface area contributed by atoms with E-state index in [1.807, 2.05) is 66.7 Å². The number of amides is 2. The van der Waals surface area contributed by atoms with Gasteiger partial charge in [-0.05, 0) is 35.7 Å². The second-order valence-electron chi connectivity index (χ2n) is 7.39. The summed E-state index contributed by atoms with van der Waals surface area (Å²) in [6, 6.07) is 25.3. The van der Waals surface area contributed by atoms with E-state index in [-0.39, 0.29) is 18.2 Å². The highest BCUT2D eigenvalue weighted by Crippen LogP contribution is 2.33. The summed E-state index contributed by atoms with van der Waals surface area (Å²) in [5, 5.41) is 3.04. The van der Waals surface area contributed by atoms with Crippen molar-refractivity contribution in [3.63, 3.8) is 0 Å². The van der Waals surface area contributed by atoms with Gasteiger partial charge in [0.25, 0.3) is 0 Å². The average Bonchev–Trinajstić information content (AvgIpc) is 3.17.